The van der Waals surface area contributed by atoms with Crippen LogP contribution in [0.25, 0.3) is 11.1 Å². The molecule has 0 aromatic heterocycles. The van der Waals surface area contributed by atoms with Gasteiger partial charge in [0.15, 0.2) is 12.5 Å². The predicted octanol–water partition coefficient (Wildman–Crippen LogP) is 11.9. The van der Waals surface area contributed by atoms with Crippen molar-refractivity contribution in [2.45, 2.75) is 141 Å². The molecule has 8 rings (SSSR count). The van der Waals surface area contributed by atoms with Crippen LogP contribution in [0.3, 0.4) is 0 Å². The van der Waals surface area contributed by atoms with E-state index in [2.05, 4.69) is 0 Å². The molecule has 2 saturated heterocycles. The number of ether oxygens (including phenoxy) is 2. The first kappa shape index (κ1) is 51.0. The Kier molecular flexibility index (Phi) is 13.9. The lowest BCUT2D eigenvalue weighted by molar-refractivity contribution is 0.0654. The summed E-state index contributed by atoms with van der Waals surface area (Å²) >= 11 is 0. The summed E-state index contributed by atoms with van der Waals surface area (Å²) in [4.78, 5) is 0.382. The van der Waals surface area contributed by atoms with Crippen LogP contribution < -0.4 is 0 Å². The summed E-state index contributed by atoms with van der Waals surface area (Å²) in [7, 11) is -8.58. The normalized spacial score (nSPS) is 19.5. The molecular formula is C58H68N2O8S2. The summed E-state index contributed by atoms with van der Waals surface area (Å²) in [5, 5.41) is 25.8. The molecule has 0 unspecified atom stereocenters. The molecule has 2 N–H and O–H groups in total. The monoisotopic (exact) mass is 984 g/mol. The number of hydrogen-bond donors (Lipinski definition) is 2. The molecule has 370 valence electrons. The minimum absolute atomic E-state index is 0.0551. The molecule has 12 heteroatoms. The fourth-order valence-corrected chi connectivity index (χ4v) is 14.8. The van der Waals surface area contributed by atoms with Crippen molar-refractivity contribution in [1.82, 2.24) is 8.61 Å². The largest absolute Gasteiger partial charge is 0.507 e. The first-order valence-electron chi connectivity index (χ1n) is 24.1. The molecule has 0 spiro atoms. The standard InChI is InChI=1S/C58H68N2O8S2/c1-35-23-37(3)53(38(4)24-35)69(63,64)59-45(27-41-19-15-13-16-20-41)33-67-55(59)49-31-43(57(7,8)9)29-47(51(49)61)48-30-44(58(10,11)12)32-50(52(48)62)56-60(46(34-68-56)28-42-21-17-14-18-22-42)70(65,66)54-39(5)25-36(2)26-40(54)6/h13-26,29-32,45-46,55-56,61-62H,27-28,33-34H2,1-12H3/t45-,46-,55-,56-/m0/s1. The van der Waals surface area contributed by atoms with Crippen LogP contribution in [0.5, 0.6) is 11.5 Å². The Balaban J connectivity index is 1.34. The third-order valence-electron chi connectivity index (χ3n) is 13.8. The van der Waals surface area contributed by atoms with Crippen molar-refractivity contribution in [3.63, 3.8) is 0 Å². The van der Waals surface area contributed by atoms with E-state index in [-0.39, 0.29) is 56.8 Å². The second-order valence-electron chi connectivity index (χ2n) is 21.6. The molecule has 6 aromatic carbocycles. The van der Waals surface area contributed by atoms with Crippen LogP contribution >= 0.6 is 0 Å². The van der Waals surface area contributed by atoms with E-state index >= 15 is 16.8 Å². The van der Waals surface area contributed by atoms with Crippen molar-refractivity contribution < 1.29 is 36.5 Å². The Morgan fingerprint density at radius 3 is 1.11 bits per heavy atom. The Morgan fingerprint density at radius 2 is 0.814 bits per heavy atom. The molecule has 70 heavy (non-hydrogen) atoms. The van der Waals surface area contributed by atoms with E-state index in [9.17, 15) is 10.2 Å². The highest BCUT2D eigenvalue weighted by molar-refractivity contribution is 7.89. The molecule has 0 saturated carbocycles. The Hall–Kier alpha value is -5.34. The van der Waals surface area contributed by atoms with Crippen molar-refractivity contribution in [1.29, 1.82) is 0 Å². The molecule has 2 fully saturated rings. The molecule has 6 aromatic rings. The van der Waals surface area contributed by atoms with E-state index in [0.717, 1.165) is 33.4 Å². The highest BCUT2D eigenvalue weighted by Crippen LogP contribution is 2.51. The Morgan fingerprint density at radius 1 is 0.500 bits per heavy atom. The number of phenolic OH excluding ortho intramolecular Hbond substituents is 2. The summed E-state index contributed by atoms with van der Waals surface area (Å²) in [5.74, 6) is -0.541. The van der Waals surface area contributed by atoms with Gasteiger partial charge in [0.2, 0.25) is 20.0 Å². The first-order valence-corrected chi connectivity index (χ1v) is 27.0. The molecule has 0 amide bonds. The fraction of sp³-hybridized carbons (Fsp3) is 0.379. The van der Waals surface area contributed by atoms with Gasteiger partial charge in [-0.1, -0.05) is 138 Å². The van der Waals surface area contributed by atoms with Crippen LogP contribution in [-0.2, 0) is 53.2 Å². The van der Waals surface area contributed by atoms with Gasteiger partial charge in [0.25, 0.3) is 0 Å². The quantitative estimate of drug-likeness (QED) is 0.131. The zero-order chi connectivity index (χ0) is 50.8. The van der Waals surface area contributed by atoms with Gasteiger partial charge in [-0.2, -0.15) is 8.61 Å². The SMILES string of the molecule is Cc1cc(C)c(S(=O)(=O)N2[C@@H](Cc3ccccc3)CO[C@H]2c2cc(C(C)(C)C)cc(-c3cc(C(C)(C)C)cc([C@@H]4OC[C@H](Cc5ccccc5)N4S(=O)(=O)c4c(C)cc(C)cc4C)c3O)c2O)c(C)c1. The van der Waals surface area contributed by atoms with E-state index in [1.807, 2.05) is 165 Å². The van der Waals surface area contributed by atoms with E-state index in [4.69, 9.17) is 9.47 Å². The van der Waals surface area contributed by atoms with Crippen LogP contribution in [-0.4, -0.2) is 61.0 Å². The number of hydrogen-bond acceptors (Lipinski definition) is 8. The maximum absolute atomic E-state index is 15.4. The van der Waals surface area contributed by atoms with E-state index in [1.54, 1.807) is 27.7 Å². The average Bonchev–Trinajstić information content (AvgIpc) is 3.88. The van der Waals surface area contributed by atoms with E-state index in [1.165, 1.54) is 8.61 Å². The van der Waals surface area contributed by atoms with Gasteiger partial charge in [-0.25, -0.2) is 16.8 Å². The molecule has 2 aliphatic rings. The highest BCUT2D eigenvalue weighted by atomic mass is 32.2. The predicted molar refractivity (Wildman–Crippen MR) is 277 cm³/mol. The highest BCUT2D eigenvalue weighted by Gasteiger charge is 2.49. The van der Waals surface area contributed by atoms with Crippen molar-refractivity contribution in [2.75, 3.05) is 13.2 Å². The topological polar surface area (TPSA) is 134 Å². The van der Waals surface area contributed by atoms with Gasteiger partial charge in [-0.05, 0) is 134 Å². The maximum atomic E-state index is 15.4. The molecule has 0 bridgehead atoms. The van der Waals surface area contributed by atoms with Crippen LogP contribution in [0.2, 0.25) is 0 Å². The lowest BCUT2D eigenvalue weighted by atomic mass is 9.80. The molecule has 0 radical (unpaired) electrons. The van der Waals surface area contributed by atoms with Gasteiger partial charge in [0, 0.05) is 22.3 Å². The molecule has 2 aliphatic heterocycles. The summed E-state index contributed by atoms with van der Waals surface area (Å²) in [6, 6.07) is 32.8. The Bertz CT molecular complexity index is 2920. The minimum atomic E-state index is -4.29. The van der Waals surface area contributed by atoms with Gasteiger partial charge < -0.3 is 19.7 Å². The summed E-state index contributed by atoms with van der Waals surface area (Å²) in [5.41, 5.74) is 7.52. The lowest BCUT2D eigenvalue weighted by Gasteiger charge is -2.32. The third-order valence-corrected chi connectivity index (χ3v) is 18.2. The smallest absolute Gasteiger partial charge is 0.246 e. The van der Waals surface area contributed by atoms with Crippen molar-refractivity contribution >= 4 is 20.0 Å². The lowest BCUT2D eigenvalue weighted by Crippen LogP contribution is -2.40. The van der Waals surface area contributed by atoms with Crippen molar-refractivity contribution in [3.8, 4) is 22.6 Å². The first-order chi connectivity index (χ1) is 32.8. The van der Waals surface area contributed by atoms with Crippen molar-refractivity contribution in [2.24, 2.45) is 0 Å². The fourth-order valence-electron chi connectivity index (χ4n) is 10.6. The number of sulfonamides is 2. The summed E-state index contributed by atoms with van der Waals surface area (Å²) in [6.07, 6.45) is -1.80. The van der Waals surface area contributed by atoms with Crippen LogP contribution in [0.4, 0.5) is 0 Å². The molecule has 10 nitrogen and oxygen atoms in total. The zero-order valence-electron chi connectivity index (χ0n) is 42.6. The molecular weight excluding hydrogens is 917 g/mol. The van der Waals surface area contributed by atoms with Gasteiger partial charge in [-0.15, -0.1) is 0 Å². The summed E-state index contributed by atoms with van der Waals surface area (Å²) in [6.45, 7) is 23.4. The van der Waals surface area contributed by atoms with Gasteiger partial charge in [0.05, 0.1) is 35.1 Å². The second kappa shape index (κ2) is 19.0. The molecule has 4 atom stereocenters. The van der Waals surface area contributed by atoms with Crippen LogP contribution in [0.1, 0.15) is 121 Å². The second-order valence-corrected chi connectivity index (χ2v) is 25.2. The van der Waals surface area contributed by atoms with E-state index < -0.39 is 55.4 Å². The molecule has 0 aliphatic carbocycles. The molecule has 2 heterocycles. The number of phenols is 2. The number of nitrogens with zero attached hydrogens (tertiary/aromatic N) is 2. The van der Waals surface area contributed by atoms with E-state index in [0.29, 0.717) is 35.1 Å². The van der Waals surface area contributed by atoms with Crippen molar-refractivity contribution in [3.05, 3.63) is 176 Å². The number of benzene rings is 6. The average molecular weight is 985 g/mol. The Labute approximate surface area is 416 Å². The minimum Gasteiger partial charge on any atom is -0.507 e. The van der Waals surface area contributed by atoms with Crippen LogP contribution in [0.15, 0.2) is 119 Å². The maximum Gasteiger partial charge on any atom is 0.246 e. The van der Waals surface area contributed by atoms with Gasteiger partial charge in [-0.3, -0.25) is 0 Å². The number of aryl methyl sites for hydroxylation is 6. The number of aromatic hydroxyl groups is 2. The van der Waals surface area contributed by atoms with Gasteiger partial charge >= 0.3 is 0 Å². The third kappa shape index (κ3) is 9.71. The number of rotatable bonds is 11. The zero-order valence-corrected chi connectivity index (χ0v) is 44.2. The van der Waals surface area contributed by atoms with Gasteiger partial charge in [0.1, 0.15) is 11.5 Å². The summed E-state index contributed by atoms with van der Waals surface area (Å²) < 4.78 is 77.6. The van der Waals surface area contributed by atoms with Crippen LogP contribution in [0, 0.1) is 41.5 Å².